The van der Waals surface area contributed by atoms with Crippen LogP contribution in [0.15, 0.2) is 72.8 Å². The van der Waals surface area contributed by atoms with Gasteiger partial charge in [-0.15, -0.1) is 0 Å². The summed E-state index contributed by atoms with van der Waals surface area (Å²) in [7, 11) is 0. The maximum atomic E-state index is 13.0. The number of piperidine rings is 1. The van der Waals surface area contributed by atoms with Crippen molar-refractivity contribution in [2.75, 3.05) is 39.4 Å². The van der Waals surface area contributed by atoms with Crippen molar-refractivity contribution >= 4 is 11.8 Å². The molecule has 10 nitrogen and oxygen atoms in total. The third-order valence-corrected chi connectivity index (χ3v) is 11.0. The molecule has 13 heteroatoms. The topological polar surface area (TPSA) is 110 Å². The lowest BCUT2D eigenvalue weighted by Crippen LogP contribution is -2.50. The molecule has 4 saturated heterocycles. The van der Waals surface area contributed by atoms with Crippen LogP contribution in [-0.2, 0) is 41.7 Å². The Hall–Kier alpha value is -3.85. The van der Waals surface area contributed by atoms with Crippen molar-refractivity contribution in [1.82, 2.24) is 15.1 Å². The number of nitrogens with zero attached hydrogens (tertiary/aromatic N) is 2. The number of halogens is 3. The molecular weight excluding hydrogens is 691 g/mol. The van der Waals surface area contributed by atoms with Crippen molar-refractivity contribution in [2.45, 2.75) is 82.3 Å². The second-order valence-electron chi connectivity index (χ2n) is 14.4. The van der Waals surface area contributed by atoms with Crippen LogP contribution in [0.1, 0.15) is 67.3 Å². The highest BCUT2D eigenvalue weighted by Gasteiger charge is 2.48. The minimum Gasteiger partial charge on any atom is -0.392 e. The lowest BCUT2D eigenvalue weighted by Gasteiger charge is -2.44. The molecule has 3 aromatic carbocycles. The Morgan fingerprint density at radius 2 is 1.58 bits per heavy atom. The van der Waals surface area contributed by atoms with Gasteiger partial charge in [-0.25, -0.2) is 0 Å². The molecule has 0 aromatic heterocycles. The number of aliphatic hydroxyl groups is 1. The number of hydrogen-bond acceptors (Lipinski definition) is 8. The normalized spacial score (nSPS) is 26.2. The standard InChI is InChI=1S/C40H46F3N3O7/c1-26-34(24-45-18-15-39(16-19-45)50-20-21-51-39)52-37(53-35(26)30-9-7-27(25-47)8-10-30)31-13-11-29(12-14-31)32-5-2-4-28(22-32)23-44-36(48)33-6-3-17-46(33)38(49)40(41,42)43/h2,4-5,7-14,22,26,33-35,37,47H,3,6,15-21,23-25H2,1H3,(H,44,48). The number of nitrogens with one attached hydrogen (secondary N) is 1. The number of carbonyl (C=O) groups is 2. The molecule has 53 heavy (non-hydrogen) atoms. The molecule has 2 N–H and O–H groups in total. The van der Waals surface area contributed by atoms with Gasteiger partial charge in [0.1, 0.15) is 6.04 Å². The summed E-state index contributed by atoms with van der Waals surface area (Å²) < 4.78 is 64.4. The zero-order chi connectivity index (χ0) is 37.2. The fourth-order valence-electron chi connectivity index (χ4n) is 7.89. The Morgan fingerprint density at radius 1 is 0.887 bits per heavy atom. The average molecular weight is 738 g/mol. The van der Waals surface area contributed by atoms with Crippen LogP contribution < -0.4 is 5.32 Å². The highest BCUT2D eigenvalue weighted by atomic mass is 19.4. The first-order valence-electron chi connectivity index (χ1n) is 18.4. The van der Waals surface area contributed by atoms with Gasteiger partial charge in [-0.3, -0.25) is 9.59 Å². The molecule has 0 radical (unpaired) electrons. The van der Waals surface area contributed by atoms with Crippen LogP contribution in [-0.4, -0.2) is 90.2 Å². The van der Waals surface area contributed by atoms with Crippen molar-refractivity contribution in [1.29, 1.82) is 0 Å². The highest BCUT2D eigenvalue weighted by Crippen LogP contribution is 2.43. The van der Waals surface area contributed by atoms with Crippen LogP contribution in [0.25, 0.3) is 11.1 Å². The van der Waals surface area contributed by atoms with Crippen molar-refractivity contribution in [3.8, 4) is 11.1 Å². The Balaban J connectivity index is 1.03. The van der Waals surface area contributed by atoms with Gasteiger partial charge in [0.05, 0.1) is 32.0 Å². The van der Waals surface area contributed by atoms with Gasteiger partial charge in [-0.1, -0.05) is 73.7 Å². The van der Waals surface area contributed by atoms with Crippen LogP contribution in [0.4, 0.5) is 13.2 Å². The fourth-order valence-corrected chi connectivity index (χ4v) is 7.89. The van der Waals surface area contributed by atoms with Crippen LogP contribution in [0.3, 0.4) is 0 Å². The molecule has 4 aliphatic rings. The number of alkyl halides is 3. The van der Waals surface area contributed by atoms with Gasteiger partial charge in [0.2, 0.25) is 5.91 Å². The van der Waals surface area contributed by atoms with E-state index in [1.165, 1.54) is 0 Å². The second-order valence-corrected chi connectivity index (χ2v) is 14.4. The van der Waals surface area contributed by atoms with Gasteiger partial charge < -0.3 is 39.2 Å². The third kappa shape index (κ3) is 8.45. The monoisotopic (exact) mass is 737 g/mol. The molecule has 4 heterocycles. The summed E-state index contributed by atoms with van der Waals surface area (Å²) in [6.45, 7) is 5.86. The van der Waals surface area contributed by atoms with E-state index in [1.807, 2.05) is 72.8 Å². The number of hydrogen-bond donors (Lipinski definition) is 2. The minimum atomic E-state index is -5.02. The molecule has 284 valence electrons. The number of rotatable bonds is 9. The molecule has 1 spiro atoms. The first-order valence-corrected chi connectivity index (χ1v) is 18.4. The third-order valence-electron chi connectivity index (χ3n) is 11.0. The second kappa shape index (κ2) is 15.9. The molecule has 4 fully saturated rings. The maximum absolute atomic E-state index is 13.0. The predicted octanol–water partition coefficient (Wildman–Crippen LogP) is 5.65. The summed E-state index contributed by atoms with van der Waals surface area (Å²) in [5, 5.41) is 12.3. The van der Waals surface area contributed by atoms with E-state index < -0.39 is 36.1 Å². The first-order chi connectivity index (χ1) is 25.5. The van der Waals surface area contributed by atoms with Crippen LogP contribution in [0.2, 0.25) is 0 Å². The van der Waals surface area contributed by atoms with Crippen molar-refractivity contribution < 1.29 is 46.8 Å². The van der Waals surface area contributed by atoms with Gasteiger partial charge in [-0.05, 0) is 46.7 Å². The maximum Gasteiger partial charge on any atom is 0.471 e. The Bertz CT molecular complexity index is 1720. The SMILES string of the molecule is CC1C(CN2CCC3(CC2)OCCO3)OC(c2ccc(-c3cccc(CNC(=O)C4CCCN4C(=O)C(F)(F)F)c3)cc2)OC1c1ccc(CO)cc1. The molecule has 0 bridgehead atoms. The molecule has 2 amide bonds. The van der Waals surface area contributed by atoms with E-state index in [1.54, 1.807) is 0 Å². The van der Waals surface area contributed by atoms with Gasteiger partial charge in [0, 0.05) is 57.0 Å². The van der Waals surface area contributed by atoms with E-state index in [-0.39, 0.29) is 44.2 Å². The zero-order valence-electron chi connectivity index (χ0n) is 29.7. The molecular formula is C40H46F3N3O7. The molecule has 0 aliphatic carbocycles. The van der Waals surface area contributed by atoms with Crippen LogP contribution in [0.5, 0.6) is 0 Å². The van der Waals surface area contributed by atoms with E-state index >= 15 is 0 Å². The quantitative estimate of drug-likeness (QED) is 0.291. The van der Waals surface area contributed by atoms with Crippen LogP contribution >= 0.6 is 0 Å². The van der Waals surface area contributed by atoms with E-state index in [0.717, 1.165) is 65.9 Å². The Morgan fingerprint density at radius 3 is 2.26 bits per heavy atom. The summed E-state index contributed by atoms with van der Waals surface area (Å²) in [4.78, 5) is 27.7. The van der Waals surface area contributed by atoms with Gasteiger partial charge in [-0.2, -0.15) is 13.2 Å². The molecule has 5 atom stereocenters. The molecule has 4 aliphatic heterocycles. The van der Waals surface area contributed by atoms with Crippen molar-refractivity contribution in [2.24, 2.45) is 5.92 Å². The zero-order valence-corrected chi connectivity index (χ0v) is 29.7. The molecule has 7 rings (SSSR count). The lowest BCUT2D eigenvalue weighted by molar-refractivity contribution is -0.278. The number of carbonyl (C=O) groups excluding carboxylic acids is 2. The summed E-state index contributed by atoms with van der Waals surface area (Å²) in [5.74, 6) is -2.98. The highest BCUT2D eigenvalue weighted by molar-refractivity contribution is 5.90. The summed E-state index contributed by atoms with van der Waals surface area (Å²) >= 11 is 0. The summed E-state index contributed by atoms with van der Waals surface area (Å²) in [5.41, 5.74) is 5.31. The number of aliphatic hydroxyl groups excluding tert-OH is 1. The summed E-state index contributed by atoms with van der Waals surface area (Å²) in [6.07, 6.45) is -3.83. The largest absolute Gasteiger partial charge is 0.471 e. The average Bonchev–Trinajstić information content (AvgIpc) is 3.86. The fraction of sp³-hybridized carbons (Fsp3) is 0.500. The molecule has 3 aromatic rings. The van der Waals surface area contributed by atoms with Gasteiger partial charge >= 0.3 is 12.1 Å². The van der Waals surface area contributed by atoms with Crippen LogP contribution in [0, 0.1) is 5.92 Å². The number of ether oxygens (including phenoxy) is 4. The van der Waals surface area contributed by atoms with E-state index in [2.05, 4.69) is 17.1 Å². The van der Waals surface area contributed by atoms with Gasteiger partial charge in [0.25, 0.3) is 0 Å². The Labute approximate surface area is 307 Å². The number of amides is 2. The number of benzene rings is 3. The summed E-state index contributed by atoms with van der Waals surface area (Å²) in [6, 6.07) is 22.2. The molecule has 0 saturated carbocycles. The van der Waals surface area contributed by atoms with E-state index in [0.29, 0.717) is 24.5 Å². The molecule has 5 unspecified atom stereocenters. The van der Waals surface area contributed by atoms with E-state index in [9.17, 15) is 27.9 Å². The van der Waals surface area contributed by atoms with Crippen molar-refractivity contribution in [3.05, 3.63) is 95.1 Å². The number of likely N-dealkylation sites (tertiary alicyclic amines) is 2. The van der Waals surface area contributed by atoms with Crippen molar-refractivity contribution in [3.63, 3.8) is 0 Å². The minimum absolute atomic E-state index is 0.0315. The van der Waals surface area contributed by atoms with E-state index in [4.69, 9.17) is 18.9 Å². The first kappa shape index (κ1) is 37.5. The Kier molecular flexibility index (Phi) is 11.2. The predicted molar refractivity (Wildman–Crippen MR) is 188 cm³/mol. The smallest absolute Gasteiger partial charge is 0.392 e. The van der Waals surface area contributed by atoms with Gasteiger partial charge in [0.15, 0.2) is 12.1 Å². The lowest BCUT2D eigenvalue weighted by atomic mass is 9.89.